The number of aliphatic carboxylic acids is 2. The van der Waals surface area contributed by atoms with Gasteiger partial charge in [0.2, 0.25) is 0 Å². The number of carboxylic acid groups (broad SMARTS) is 2. The van der Waals surface area contributed by atoms with Crippen LogP contribution in [0.5, 0.6) is 5.75 Å². The first kappa shape index (κ1) is 29.8. The second-order valence-corrected chi connectivity index (χ2v) is 10.2. The molecule has 0 fully saturated rings. The van der Waals surface area contributed by atoms with Crippen LogP contribution in [0.25, 0.3) is 23.1 Å². The molecule has 4 aromatic rings. The van der Waals surface area contributed by atoms with Crippen molar-refractivity contribution < 1.29 is 33.3 Å². The highest BCUT2D eigenvalue weighted by molar-refractivity contribution is 6.31. The van der Waals surface area contributed by atoms with Gasteiger partial charge in [-0.3, -0.25) is 9.59 Å². The molecule has 0 aliphatic carbocycles. The quantitative estimate of drug-likeness (QED) is 0.118. The highest BCUT2D eigenvalue weighted by Crippen LogP contribution is 2.31. The van der Waals surface area contributed by atoms with Gasteiger partial charge >= 0.3 is 11.9 Å². The summed E-state index contributed by atoms with van der Waals surface area (Å²) in [5.41, 5.74) is 3.57. The lowest BCUT2D eigenvalue weighted by molar-refractivity contribution is -0.138. The number of rotatable bonds is 14. The highest BCUT2D eigenvalue weighted by atomic mass is 35.5. The van der Waals surface area contributed by atoms with Crippen LogP contribution in [-0.2, 0) is 29.0 Å². The number of unbranched alkanes of at least 4 members (excludes halogenated alkanes) is 1. The van der Waals surface area contributed by atoms with Gasteiger partial charge in [-0.15, -0.1) is 0 Å². The third-order valence-corrected chi connectivity index (χ3v) is 6.89. The van der Waals surface area contributed by atoms with E-state index in [1.54, 1.807) is 29.0 Å². The molecule has 0 unspecified atom stereocenters. The number of halogens is 3. The Bertz CT molecular complexity index is 1560. The first-order chi connectivity index (χ1) is 19.7. The summed E-state index contributed by atoms with van der Waals surface area (Å²) < 4.78 is 34.5. The molecule has 3 aromatic carbocycles. The molecule has 41 heavy (non-hydrogen) atoms. The van der Waals surface area contributed by atoms with E-state index in [4.69, 9.17) is 21.4 Å². The van der Waals surface area contributed by atoms with Crippen LogP contribution < -0.4 is 4.74 Å². The molecule has 0 aliphatic rings. The van der Waals surface area contributed by atoms with Crippen LogP contribution in [0.15, 0.2) is 60.8 Å². The topological polar surface area (TPSA) is 88.8 Å². The molecule has 4 rings (SSSR count). The van der Waals surface area contributed by atoms with Gasteiger partial charge in [-0.05, 0) is 79.1 Å². The minimum atomic E-state index is -0.986. The van der Waals surface area contributed by atoms with Crippen molar-refractivity contribution in [2.24, 2.45) is 0 Å². The second-order valence-electron chi connectivity index (χ2n) is 9.74. The summed E-state index contributed by atoms with van der Waals surface area (Å²) in [4.78, 5) is 22.5. The van der Waals surface area contributed by atoms with Gasteiger partial charge in [0.05, 0.1) is 12.1 Å². The third-order valence-electron chi connectivity index (χ3n) is 6.67. The zero-order valence-electron chi connectivity index (χ0n) is 22.3. The molecule has 0 saturated heterocycles. The van der Waals surface area contributed by atoms with Gasteiger partial charge in [0, 0.05) is 28.6 Å². The van der Waals surface area contributed by atoms with E-state index in [2.05, 4.69) is 0 Å². The molecule has 0 amide bonds. The number of aryl methyl sites for hydroxylation is 2. The molecule has 0 aliphatic heterocycles. The van der Waals surface area contributed by atoms with E-state index in [-0.39, 0.29) is 13.0 Å². The number of carbonyl (C=O) groups is 2. The van der Waals surface area contributed by atoms with Crippen LogP contribution in [0.1, 0.15) is 47.9 Å². The zero-order chi connectivity index (χ0) is 29.4. The highest BCUT2D eigenvalue weighted by Gasteiger charge is 2.15. The van der Waals surface area contributed by atoms with Crippen LogP contribution in [0, 0.1) is 11.6 Å². The number of ether oxygens (including phenoxy) is 1. The van der Waals surface area contributed by atoms with Crippen molar-refractivity contribution in [3.63, 3.8) is 0 Å². The molecule has 0 bridgehead atoms. The molecule has 0 radical (unpaired) electrons. The fourth-order valence-corrected chi connectivity index (χ4v) is 4.97. The standard InChI is InChI=1S/C32H30ClF2NO5/c33-25-17-23(32-27(18-25)24(7-4-9-29(37)38)19-36(32)20-30(39)40)13-10-21-11-14-26(15-12-21)41-16-2-1-5-22-6-3-8-28(34)31(22)35/h3,6,8,10-15,17-19H,1-2,4-5,7,9,16,20H2,(H,37,38)(H,39,40)/b13-10+. The monoisotopic (exact) mass is 581 g/mol. The minimum Gasteiger partial charge on any atom is -0.494 e. The Balaban J connectivity index is 1.41. The van der Waals surface area contributed by atoms with E-state index >= 15 is 0 Å². The number of fused-ring (bicyclic) bond motifs is 1. The van der Waals surface area contributed by atoms with Gasteiger partial charge in [-0.1, -0.05) is 48.0 Å². The van der Waals surface area contributed by atoms with Gasteiger partial charge in [-0.25, -0.2) is 8.78 Å². The summed E-state index contributed by atoms with van der Waals surface area (Å²) in [5, 5.41) is 19.7. The van der Waals surface area contributed by atoms with Crippen molar-refractivity contribution >= 4 is 46.6 Å². The van der Waals surface area contributed by atoms with Gasteiger partial charge < -0.3 is 19.5 Å². The summed E-state index contributed by atoms with van der Waals surface area (Å²) in [6.07, 6.45) is 8.26. The third kappa shape index (κ3) is 8.17. The van der Waals surface area contributed by atoms with Crippen molar-refractivity contribution in [1.82, 2.24) is 4.57 Å². The number of carboxylic acids is 2. The summed E-state index contributed by atoms with van der Waals surface area (Å²) in [5.74, 6) is -2.80. The molecule has 1 heterocycles. The molecule has 0 atom stereocenters. The summed E-state index contributed by atoms with van der Waals surface area (Å²) in [6.45, 7) is 0.211. The predicted octanol–water partition coefficient (Wildman–Crippen LogP) is 7.64. The Labute approximate surface area is 241 Å². The molecule has 1 aromatic heterocycles. The van der Waals surface area contributed by atoms with Crippen LogP contribution in [0.2, 0.25) is 5.02 Å². The average molecular weight is 582 g/mol. The Kier molecular flexibility index (Phi) is 10.1. The molecule has 9 heteroatoms. The number of nitrogens with zero attached hydrogens (tertiary/aromatic N) is 1. The van der Waals surface area contributed by atoms with Crippen molar-refractivity contribution in [2.75, 3.05) is 6.61 Å². The minimum absolute atomic E-state index is 0.0214. The predicted molar refractivity (Wildman–Crippen MR) is 155 cm³/mol. The lowest BCUT2D eigenvalue weighted by Crippen LogP contribution is -2.08. The van der Waals surface area contributed by atoms with E-state index in [9.17, 15) is 23.5 Å². The van der Waals surface area contributed by atoms with Gasteiger partial charge in [0.25, 0.3) is 0 Å². The maximum atomic E-state index is 13.8. The number of hydrogen-bond donors (Lipinski definition) is 2. The fraction of sp³-hybridized carbons (Fsp3) is 0.250. The van der Waals surface area contributed by atoms with Crippen LogP contribution in [0.3, 0.4) is 0 Å². The SMILES string of the molecule is O=C(O)CCCc1cn(CC(=O)O)c2c(/C=C/c3ccc(OCCCCc4cccc(F)c4F)cc3)cc(Cl)cc12. The van der Waals surface area contributed by atoms with Crippen molar-refractivity contribution in [1.29, 1.82) is 0 Å². The molecular formula is C32H30ClF2NO5. The van der Waals surface area contributed by atoms with Gasteiger partial charge in [0.1, 0.15) is 12.3 Å². The number of aromatic nitrogens is 1. The summed E-state index contributed by atoms with van der Waals surface area (Å²) >= 11 is 6.41. The largest absolute Gasteiger partial charge is 0.494 e. The van der Waals surface area contributed by atoms with Crippen LogP contribution >= 0.6 is 11.6 Å². The number of hydrogen-bond acceptors (Lipinski definition) is 3. The van der Waals surface area contributed by atoms with Crippen molar-refractivity contribution in [3.8, 4) is 5.75 Å². The average Bonchev–Trinajstić information content (AvgIpc) is 3.26. The molecular weight excluding hydrogens is 552 g/mol. The Morgan fingerprint density at radius 3 is 2.39 bits per heavy atom. The Morgan fingerprint density at radius 1 is 0.902 bits per heavy atom. The summed E-state index contributed by atoms with van der Waals surface area (Å²) in [7, 11) is 0. The smallest absolute Gasteiger partial charge is 0.323 e. The normalized spacial score (nSPS) is 11.4. The summed E-state index contributed by atoms with van der Waals surface area (Å²) in [6, 6.07) is 15.2. The lowest BCUT2D eigenvalue weighted by atomic mass is 10.0. The lowest BCUT2D eigenvalue weighted by Gasteiger charge is -2.08. The van der Waals surface area contributed by atoms with E-state index in [0.29, 0.717) is 55.0 Å². The first-order valence-electron chi connectivity index (χ1n) is 13.3. The first-order valence-corrected chi connectivity index (χ1v) is 13.7. The van der Waals surface area contributed by atoms with Crippen LogP contribution in [-0.4, -0.2) is 33.3 Å². The number of benzene rings is 3. The van der Waals surface area contributed by atoms with E-state index in [0.717, 1.165) is 33.7 Å². The van der Waals surface area contributed by atoms with Crippen molar-refractivity contribution in [3.05, 3.63) is 99.7 Å². The molecule has 0 saturated carbocycles. The van der Waals surface area contributed by atoms with E-state index < -0.39 is 23.6 Å². The van der Waals surface area contributed by atoms with E-state index in [1.807, 2.05) is 36.4 Å². The Morgan fingerprint density at radius 2 is 1.66 bits per heavy atom. The Hall–Kier alpha value is -4.17. The van der Waals surface area contributed by atoms with Crippen molar-refractivity contribution in [2.45, 2.75) is 45.1 Å². The van der Waals surface area contributed by atoms with Crippen LogP contribution in [0.4, 0.5) is 8.78 Å². The second kappa shape index (κ2) is 13.9. The van der Waals surface area contributed by atoms with E-state index in [1.165, 1.54) is 6.07 Å². The molecule has 0 spiro atoms. The maximum Gasteiger partial charge on any atom is 0.323 e. The zero-order valence-corrected chi connectivity index (χ0v) is 23.0. The van der Waals surface area contributed by atoms with Gasteiger partial charge in [0.15, 0.2) is 11.6 Å². The maximum absolute atomic E-state index is 13.8. The molecule has 214 valence electrons. The fourth-order valence-electron chi connectivity index (χ4n) is 4.74. The molecule has 6 nitrogen and oxygen atoms in total. The van der Waals surface area contributed by atoms with Gasteiger partial charge in [-0.2, -0.15) is 0 Å². The molecule has 2 N–H and O–H groups in total.